The van der Waals surface area contributed by atoms with Gasteiger partial charge in [0, 0.05) is 22.3 Å². The molecule has 0 unspecified atom stereocenters. The molecule has 0 saturated heterocycles. The number of nitrogen functional groups attached to an aromatic ring is 1. The molecule has 0 aliphatic rings. The second-order valence-corrected chi connectivity index (χ2v) is 4.79. The van der Waals surface area contributed by atoms with Gasteiger partial charge in [-0.2, -0.15) is 0 Å². The van der Waals surface area contributed by atoms with Crippen molar-refractivity contribution in [2.24, 2.45) is 0 Å². The van der Waals surface area contributed by atoms with E-state index in [1.807, 2.05) is 12.1 Å². The topological polar surface area (TPSA) is 50.9 Å². The standard InChI is InChI=1S/C15H11ClFN3/c16-9-4-5-14(11(17)8-9)20-13-6-7-19-15-10(13)2-1-3-12(15)18/h1-8H,18H2,(H,19,20). The number of nitrogens with two attached hydrogens (primary N) is 1. The molecule has 0 spiro atoms. The Bertz CT molecular complexity index is 789. The summed E-state index contributed by atoms with van der Waals surface area (Å²) in [6.45, 7) is 0. The lowest BCUT2D eigenvalue weighted by molar-refractivity contribution is 0.632. The van der Waals surface area contributed by atoms with Crippen molar-refractivity contribution in [3.63, 3.8) is 0 Å². The first-order valence-electron chi connectivity index (χ1n) is 6.00. The number of nitrogens with one attached hydrogen (secondary N) is 1. The van der Waals surface area contributed by atoms with Crippen LogP contribution in [-0.4, -0.2) is 4.98 Å². The summed E-state index contributed by atoms with van der Waals surface area (Å²) in [7, 11) is 0. The van der Waals surface area contributed by atoms with Gasteiger partial charge in [-0.25, -0.2) is 4.39 Å². The molecular weight excluding hydrogens is 277 g/mol. The number of halogens is 2. The molecule has 3 aromatic rings. The van der Waals surface area contributed by atoms with Gasteiger partial charge in [-0.15, -0.1) is 0 Å². The summed E-state index contributed by atoms with van der Waals surface area (Å²) in [6, 6.07) is 11.8. The molecule has 0 fully saturated rings. The monoisotopic (exact) mass is 287 g/mol. The third-order valence-electron chi connectivity index (χ3n) is 3.00. The second-order valence-electron chi connectivity index (χ2n) is 4.35. The van der Waals surface area contributed by atoms with Crippen molar-refractivity contribution in [2.45, 2.75) is 0 Å². The highest BCUT2D eigenvalue weighted by Gasteiger charge is 2.07. The highest BCUT2D eigenvalue weighted by Crippen LogP contribution is 2.29. The molecule has 3 N–H and O–H groups in total. The lowest BCUT2D eigenvalue weighted by atomic mass is 10.1. The van der Waals surface area contributed by atoms with Crippen LogP contribution in [0.25, 0.3) is 10.9 Å². The third kappa shape index (κ3) is 2.26. The third-order valence-corrected chi connectivity index (χ3v) is 3.24. The van der Waals surface area contributed by atoms with Gasteiger partial charge in [-0.3, -0.25) is 4.98 Å². The van der Waals surface area contributed by atoms with Gasteiger partial charge in [0.1, 0.15) is 5.82 Å². The van der Waals surface area contributed by atoms with Crippen LogP contribution in [-0.2, 0) is 0 Å². The van der Waals surface area contributed by atoms with E-state index in [-0.39, 0.29) is 0 Å². The van der Waals surface area contributed by atoms with E-state index >= 15 is 0 Å². The van der Waals surface area contributed by atoms with Gasteiger partial charge in [0.2, 0.25) is 0 Å². The first-order chi connectivity index (χ1) is 9.65. The molecule has 3 rings (SSSR count). The molecule has 1 aromatic heterocycles. The highest BCUT2D eigenvalue weighted by atomic mass is 35.5. The number of rotatable bonds is 2. The van der Waals surface area contributed by atoms with Gasteiger partial charge in [0.15, 0.2) is 0 Å². The Morgan fingerprint density at radius 3 is 2.75 bits per heavy atom. The van der Waals surface area contributed by atoms with E-state index < -0.39 is 5.82 Å². The number of benzene rings is 2. The van der Waals surface area contributed by atoms with E-state index in [4.69, 9.17) is 17.3 Å². The van der Waals surface area contributed by atoms with Crippen LogP contribution in [0.15, 0.2) is 48.7 Å². The Morgan fingerprint density at radius 1 is 1.10 bits per heavy atom. The van der Waals surface area contributed by atoms with Crippen molar-refractivity contribution in [2.75, 3.05) is 11.1 Å². The van der Waals surface area contributed by atoms with Crippen molar-refractivity contribution in [3.05, 3.63) is 59.5 Å². The smallest absolute Gasteiger partial charge is 0.148 e. The van der Waals surface area contributed by atoms with Crippen molar-refractivity contribution >= 4 is 39.6 Å². The molecule has 100 valence electrons. The van der Waals surface area contributed by atoms with E-state index in [1.165, 1.54) is 6.07 Å². The van der Waals surface area contributed by atoms with Gasteiger partial charge < -0.3 is 11.1 Å². The zero-order valence-corrected chi connectivity index (χ0v) is 11.2. The molecule has 3 nitrogen and oxygen atoms in total. The molecular formula is C15H11ClFN3. The van der Waals surface area contributed by atoms with E-state index in [0.29, 0.717) is 21.9 Å². The maximum atomic E-state index is 13.8. The Morgan fingerprint density at radius 2 is 1.95 bits per heavy atom. The zero-order chi connectivity index (χ0) is 14.1. The molecule has 0 aliphatic heterocycles. The molecule has 0 bridgehead atoms. The van der Waals surface area contributed by atoms with Crippen molar-refractivity contribution in [1.82, 2.24) is 4.98 Å². The fraction of sp³-hybridized carbons (Fsp3) is 0. The fourth-order valence-corrected chi connectivity index (χ4v) is 2.20. The molecule has 0 aliphatic carbocycles. The van der Waals surface area contributed by atoms with Crippen molar-refractivity contribution in [1.29, 1.82) is 0 Å². The fourth-order valence-electron chi connectivity index (χ4n) is 2.04. The summed E-state index contributed by atoms with van der Waals surface area (Å²) in [5.74, 6) is -0.411. The predicted octanol–water partition coefficient (Wildman–Crippen LogP) is 4.35. The van der Waals surface area contributed by atoms with E-state index in [0.717, 1.165) is 11.1 Å². The number of aromatic nitrogens is 1. The van der Waals surface area contributed by atoms with E-state index in [9.17, 15) is 4.39 Å². The van der Waals surface area contributed by atoms with Gasteiger partial charge in [-0.05, 0) is 30.3 Å². The number of pyridine rings is 1. The van der Waals surface area contributed by atoms with Crippen LogP contribution < -0.4 is 11.1 Å². The molecule has 0 radical (unpaired) electrons. The van der Waals surface area contributed by atoms with E-state index in [1.54, 1.807) is 30.5 Å². The Balaban J connectivity index is 2.09. The minimum absolute atomic E-state index is 0.351. The Labute approximate surface area is 120 Å². The number of fused-ring (bicyclic) bond motifs is 1. The Kier molecular flexibility index (Phi) is 3.16. The van der Waals surface area contributed by atoms with Crippen LogP contribution in [0, 0.1) is 5.82 Å². The highest BCUT2D eigenvalue weighted by molar-refractivity contribution is 6.30. The normalized spacial score (nSPS) is 10.7. The molecule has 2 aromatic carbocycles. The SMILES string of the molecule is Nc1cccc2c(Nc3ccc(Cl)cc3F)ccnc12. The molecule has 0 saturated carbocycles. The largest absolute Gasteiger partial charge is 0.397 e. The number of para-hydroxylation sites is 1. The minimum atomic E-state index is -0.411. The number of anilines is 3. The van der Waals surface area contributed by atoms with Crippen LogP contribution in [0.1, 0.15) is 0 Å². The molecule has 20 heavy (non-hydrogen) atoms. The summed E-state index contributed by atoms with van der Waals surface area (Å²) < 4.78 is 13.8. The summed E-state index contributed by atoms with van der Waals surface area (Å²) in [6.07, 6.45) is 1.63. The maximum absolute atomic E-state index is 13.8. The Hall–Kier alpha value is -2.33. The van der Waals surface area contributed by atoms with Crippen LogP contribution >= 0.6 is 11.6 Å². The van der Waals surface area contributed by atoms with Gasteiger partial charge >= 0.3 is 0 Å². The maximum Gasteiger partial charge on any atom is 0.148 e. The number of hydrogen-bond acceptors (Lipinski definition) is 3. The number of hydrogen-bond donors (Lipinski definition) is 2. The first kappa shape index (κ1) is 12.7. The van der Waals surface area contributed by atoms with Gasteiger partial charge in [0.25, 0.3) is 0 Å². The molecule has 1 heterocycles. The number of nitrogens with zero attached hydrogens (tertiary/aromatic N) is 1. The van der Waals surface area contributed by atoms with Crippen LogP contribution in [0.2, 0.25) is 5.02 Å². The minimum Gasteiger partial charge on any atom is -0.397 e. The van der Waals surface area contributed by atoms with E-state index in [2.05, 4.69) is 10.3 Å². The average Bonchev–Trinajstić information content (AvgIpc) is 2.43. The zero-order valence-electron chi connectivity index (χ0n) is 10.4. The van der Waals surface area contributed by atoms with Crippen LogP contribution in [0.4, 0.5) is 21.5 Å². The summed E-state index contributed by atoms with van der Waals surface area (Å²) in [5, 5.41) is 4.23. The van der Waals surface area contributed by atoms with Crippen LogP contribution in [0.3, 0.4) is 0 Å². The lowest BCUT2D eigenvalue weighted by Gasteiger charge is -2.11. The predicted molar refractivity (Wildman–Crippen MR) is 80.8 cm³/mol. The first-order valence-corrected chi connectivity index (χ1v) is 6.38. The molecule has 5 heteroatoms. The molecule has 0 amide bonds. The molecule has 0 atom stereocenters. The van der Waals surface area contributed by atoms with Crippen molar-refractivity contribution in [3.8, 4) is 0 Å². The average molecular weight is 288 g/mol. The summed E-state index contributed by atoms with van der Waals surface area (Å²) >= 11 is 5.74. The van der Waals surface area contributed by atoms with Crippen LogP contribution in [0.5, 0.6) is 0 Å². The second kappa shape index (κ2) is 4.98. The van der Waals surface area contributed by atoms with Gasteiger partial charge in [0.05, 0.1) is 16.9 Å². The van der Waals surface area contributed by atoms with Gasteiger partial charge in [-0.1, -0.05) is 23.7 Å². The lowest BCUT2D eigenvalue weighted by Crippen LogP contribution is -1.97. The summed E-state index contributed by atoms with van der Waals surface area (Å²) in [4.78, 5) is 4.24. The quantitative estimate of drug-likeness (QED) is 0.689. The summed E-state index contributed by atoms with van der Waals surface area (Å²) in [5.41, 5.74) is 8.25. The van der Waals surface area contributed by atoms with Crippen molar-refractivity contribution < 1.29 is 4.39 Å².